The molecule has 0 spiro atoms. The highest BCUT2D eigenvalue weighted by molar-refractivity contribution is 6.31. The Morgan fingerprint density at radius 3 is 2.70 bits per heavy atom. The van der Waals surface area contributed by atoms with Crippen LogP contribution in [0.25, 0.3) is 11.1 Å². The van der Waals surface area contributed by atoms with E-state index in [0.717, 1.165) is 29.5 Å². The molecule has 2 amide bonds. The van der Waals surface area contributed by atoms with Gasteiger partial charge in [-0.1, -0.05) is 23.2 Å². The molecule has 1 heterocycles. The topological polar surface area (TPSA) is 62.3 Å². The molecule has 27 heavy (non-hydrogen) atoms. The van der Waals surface area contributed by atoms with E-state index in [2.05, 4.69) is 10.3 Å². The zero-order valence-corrected chi connectivity index (χ0v) is 16.3. The van der Waals surface area contributed by atoms with E-state index in [1.807, 2.05) is 29.2 Å². The van der Waals surface area contributed by atoms with Gasteiger partial charge in [0.2, 0.25) is 11.8 Å². The lowest BCUT2D eigenvalue weighted by Crippen LogP contribution is -2.31. The van der Waals surface area contributed by atoms with Gasteiger partial charge in [-0.25, -0.2) is 4.98 Å². The molecular formula is C20H19Cl2N3O2. The number of nitrogens with one attached hydrogen (secondary N) is 1. The van der Waals surface area contributed by atoms with E-state index in [-0.39, 0.29) is 17.9 Å². The van der Waals surface area contributed by atoms with Crippen molar-refractivity contribution in [1.82, 2.24) is 9.88 Å². The highest BCUT2D eigenvalue weighted by atomic mass is 35.5. The van der Waals surface area contributed by atoms with E-state index in [9.17, 15) is 9.59 Å². The van der Waals surface area contributed by atoms with Gasteiger partial charge in [-0.05, 0) is 59.9 Å². The van der Waals surface area contributed by atoms with Crippen LogP contribution < -0.4 is 5.32 Å². The Bertz CT molecular complexity index is 895. The molecule has 0 saturated heterocycles. The fraction of sp³-hybridized carbons (Fsp3) is 0.250. The first-order valence-corrected chi connectivity index (χ1v) is 9.38. The summed E-state index contributed by atoms with van der Waals surface area (Å²) in [6.45, 7) is 1.90. The van der Waals surface area contributed by atoms with Crippen LogP contribution in [0.1, 0.15) is 25.3 Å². The van der Waals surface area contributed by atoms with E-state index in [1.165, 1.54) is 18.5 Å². The van der Waals surface area contributed by atoms with Gasteiger partial charge in [0.15, 0.2) is 0 Å². The van der Waals surface area contributed by atoms with Crippen LogP contribution in [0.2, 0.25) is 5.02 Å². The Balaban J connectivity index is 1.88. The van der Waals surface area contributed by atoms with Gasteiger partial charge in [0.05, 0.1) is 0 Å². The molecule has 140 valence electrons. The van der Waals surface area contributed by atoms with Gasteiger partial charge in [-0.3, -0.25) is 9.59 Å². The van der Waals surface area contributed by atoms with Crippen molar-refractivity contribution < 1.29 is 9.59 Å². The molecule has 0 unspecified atom stereocenters. The number of hydrogen-bond donors (Lipinski definition) is 1. The molecule has 3 rings (SSSR count). The van der Waals surface area contributed by atoms with Gasteiger partial charge in [0.25, 0.3) is 0 Å². The van der Waals surface area contributed by atoms with Crippen LogP contribution in [0.5, 0.6) is 0 Å². The monoisotopic (exact) mass is 403 g/mol. The minimum atomic E-state index is -0.183. The zero-order chi connectivity index (χ0) is 19.4. The molecule has 1 saturated carbocycles. The molecule has 1 aliphatic rings. The summed E-state index contributed by atoms with van der Waals surface area (Å²) in [6, 6.07) is 9.58. The molecule has 0 radical (unpaired) electrons. The van der Waals surface area contributed by atoms with Crippen molar-refractivity contribution in [3.05, 3.63) is 58.7 Å². The van der Waals surface area contributed by atoms with Crippen molar-refractivity contribution in [3.63, 3.8) is 0 Å². The Morgan fingerprint density at radius 1 is 1.26 bits per heavy atom. The summed E-state index contributed by atoms with van der Waals surface area (Å²) in [5.41, 5.74) is 3.94. The third kappa shape index (κ3) is 5.31. The number of halogens is 2. The maximum absolute atomic E-state index is 12.3. The molecule has 5 nitrogen and oxygen atoms in total. The third-order valence-electron chi connectivity index (χ3n) is 4.18. The number of aromatic nitrogens is 1. The van der Waals surface area contributed by atoms with Crippen molar-refractivity contribution in [1.29, 1.82) is 0 Å². The van der Waals surface area contributed by atoms with Gasteiger partial charge >= 0.3 is 0 Å². The summed E-state index contributed by atoms with van der Waals surface area (Å²) in [5.74, 6) is 0.187. The summed E-state index contributed by atoms with van der Waals surface area (Å²) < 4.78 is 0. The molecule has 0 bridgehead atoms. The van der Waals surface area contributed by atoms with Gasteiger partial charge < -0.3 is 10.2 Å². The molecule has 1 aromatic heterocycles. The minimum Gasteiger partial charge on any atom is -0.332 e. The molecular weight excluding hydrogens is 385 g/mol. The van der Waals surface area contributed by atoms with Crippen LogP contribution >= 0.6 is 23.2 Å². The number of carbonyl (C=O) groups excluding carboxylic acids is 2. The fourth-order valence-corrected chi connectivity index (χ4v) is 3.25. The van der Waals surface area contributed by atoms with Gasteiger partial charge in [-0.15, -0.1) is 0 Å². The molecule has 1 aliphatic carbocycles. The number of anilines is 1. The smallest absolute Gasteiger partial charge is 0.247 e. The number of nitrogens with zero attached hydrogens (tertiary/aromatic N) is 2. The van der Waals surface area contributed by atoms with E-state index in [0.29, 0.717) is 17.4 Å². The Kier molecular flexibility index (Phi) is 6.14. The van der Waals surface area contributed by atoms with Crippen LogP contribution in [-0.4, -0.2) is 27.7 Å². The molecule has 0 aliphatic heterocycles. The number of amides is 2. The average Bonchev–Trinajstić information content (AvgIpc) is 3.44. The number of benzene rings is 1. The molecule has 1 fully saturated rings. The molecule has 1 N–H and O–H groups in total. The lowest BCUT2D eigenvalue weighted by molar-refractivity contribution is -0.127. The number of rotatable bonds is 6. The molecule has 7 heteroatoms. The highest BCUT2D eigenvalue weighted by Gasteiger charge is 2.31. The second-order valence-electron chi connectivity index (χ2n) is 6.45. The second-order valence-corrected chi connectivity index (χ2v) is 7.14. The highest BCUT2D eigenvalue weighted by Crippen LogP contribution is 2.31. The standard InChI is InChI=1S/C20H19Cl2N3O2/c1-13(26)24-19-11-15(5-7-23-19)16-8-14(9-17(22)10-16)12-25(18-2-3-18)20(27)4-6-21/h4-11,18H,2-3,12H2,1H3,(H,23,24,26)/b6-4-. The predicted octanol–water partition coefficient (Wildman–Crippen LogP) is 4.60. The Labute approximate surface area is 168 Å². The average molecular weight is 404 g/mol. The van der Waals surface area contributed by atoms with E-state index in [1.54, 1.807) is 12.3 Å². The lowest BCUT2D eigenvalue weighted by Gasteiger charge is -2.21. The summed E-state index contributed by atoms with van der Waals surface area (Å²) in [6.07, 6.45) is 5.00. The quantitative estimate of drug-likeness (QED) is 0.716. The van der Waals surface area contributed by atoms with Crippen LogP contribution in [0.4, 0.5) is 5.82 Å². The number of hydrogen-bond acceptors (Lipinski definition) is 3. The first-order valence-electron chi connectivity index (χ1n) is 8.57. The third-order valence-corrected chi connectivity index (χ3v) is 4.53. The first-order chi connectivity index (χ1) is 13.0. The van der Waals surface area contributed by atoms with Crippen molar-refractivity contribution >= 4 is 40.8 Å². The summed E-state index contributed by atoms with van der Waals surface area (Å²) in [7, 11) is 0. The second kappa shape index (κ2) is 8.55. The summed E-state index contributed by atoms with van der Waals surface area (Å²) in [4.78, 5) is 29.5. The largest absolute Gasteiger partial charge is 0.332 e. The first kappa shape index (κ1) is 19.4. The van der Waals surface area contributed by atoms with E-state index >= 15 is 0 Å². The molecule has 0 atom stereocenters. The summed E-state index contributed by atoms with van der Waals surface area (Å²) >= 11 is 11.9. The maximum Gasteiger partial charge on any atom is 0.247 e. The minimum absolute atomic E-state index is 0.106. The fourth-order valence-electron chi connectivity index (χ4n) is 2.89. The van der Waals surface area contributed by atoms with Crippen molar-refractivity contribution in [2.75, 3.05) is 5.32 Å². The SMILES string of the molecule is CC(=O)Nc1cc(-c2cc(Cl)cc(CN(C(=O)/C=C\Cl)C3CC3)c2)ccn1. The van der Waals surface area contributed by atoms with Crippen LogP contribution in [0.3, 0.4) is 0 Å². The van der Waals surface area contributed by atoms with Gasteiger partial charge in [0.1, 0.15) is 5.82 Å². The van der Waals surface area contributed by atoms with Gasteiger partial charge in [-0.2, -0.15) is 0 Å². The zero-order valence-electron chi connectivity index (χ0n) is 14.8. The van der Waals surface area contributed by atoms with Crippen LogP contribution in [-0.2, 0) is 16.1 Å². The summed E-state index contributed by atoms with van der Waals surface area (Å²) in [5, 5.41) is 3.25. The van der Waals surface area contributed by atoms with Crippen LogP contribution in [0.15, 0.2) is 48.1 Å². The number of carbonyl (C=O) groups is 2. The van der Waals surface area contributed by atoms with E-state index in [4.69, 9.17) is 23.2 Å². The maximum atomic E-state index is 12.3. The molecule has 1 aromatic carbocycles. The number of pyridine rings is 1. The van der Waals surface area contributed by atoms with Crippen molar-refractivity contribution in [2.24, 2.45) is 0 Å². The van der Waals surface area contributed by atoms with Crippen molar-refractivity contribution in [3.8, 4) is 11.1 Å². The lowest BCUT2D eigenvalue weighted by atomic mass is 10.0. The predicted molar refractivity (Wildman–Crippen MR) is 108 cm³/mol. The normalized spacial score (nSPS) is 13.6. The van der Waals surface area contributed by atoms with Crippen LogP contribution in [0, 0.1) is 0 Å². The van der Waals surface area contributed by atoms with Gasteiger partial charge in [0, 0.05) is 42.3 Å². The molecule has 2 aromatic rings. The Morgan fingerprint density at radius 2 is 2.04 bits per heavy atom. The Hall–Kier alpha value is -2.37. The van der Waals surface area contributed by atoms with Crippen molar-refractivity contribution in [2.45, 2.75) is 32.4 Å². The van der Waals surface area contributed by atoms with E-state index < -0.39 is 0 Å².